The summed E-state index contributed by atoms with van der Waals surface area (Å²) in [5, 5.41) is 8.91. The monoisotopic (exact) mass is 244 g/mol. The first-order valence-electron chi connectivity index (χ1n) is 6.61. The maximum Gasteiger partial charge on any atom is 0.332 e. The minimum absolute atomic E-state index is 0.305. The van der Waals surface area contributed by atoms with Gasteiger partial charge in [0.1, 0.15) is 0 Å². The van der Waals surface area contributed by atoms with Crippen molar-refractivity contribution in [1.82, 2.24) is 0 Å². The summed E-state index contributed by atoms with van der Waals surface area (Å²) in [6.45, 7) is 4.92. The van der Waals surface area contributed by atoms with Gasteiger partial charge in [0.25, 0.3) is 0 Å². The van der Waals surface area contributed by atoms with Crippen LogP contribution in [0.5, 0.6) is 0 Å². The Morgan fingerprint density at radius 1 is 1.41 bits per heavy atom. The first-order chi connectivity index (χ1) is 8.15. The van der Waals surface area contributed by atoms with Crippen LogP contribution < -0.4 is 0 Å². The van der Waals surface area contributed by atoms with E-state index in [2.05, 4.69) is 6.92 Å². The van der Waals surface area contributed by atoms with Crippen molar-refractivity contribution in [2.45, 2.75) is 58.2 Å². The SMILES string of the molecule is CCOC(CCOC1CCCCC1C)C(=O)O. The van der Waals surface area contributed by atoms with Gasteiger partial charge >= 0.3 is 5.97 Å². The molecule has 1 fully saturated rings. The first kappa shape index (κ1) is 14.5. The molecule has 0 aromatic rings. The molecule has 1 rings (SSSR count). The molecule has 1 saturated carbocycles. The van der Waals surface area contributed by atoms with Crippen LogP contribution in [0.3, 0.4) is 0 Å². The molecular weight excluding hydrogens is 220 g/mol. The van der Waals surface area contributed by atoms with E-state index in [1.54, 1.807) is 6.92 Å². The van der Waals surface area contributed by atoms with E-state index in [1.807, 2.05) is 0 Å². The number of hydrogen-bond donors (Lipinski definition) is 1. The smallest absolute Gasteiger partial charge is 0.332 e. The van der Waals surface area contributed by atoms with Crippen LogP contribution in [0.2, 0.25) is 0 Å². The van der Waals surface area contributed by atoms with Crippen LogP contribution >= 0.6 is 0 Å². The summed E-state index contributed by atoms with van der Waals surface area (Å²) in [5.74, 6) is -0.300. The second-order valence-corrected chi connectivity index (χ2v) is 4.74. The number of carbonyl (C=O) groups is 1. The van der Waals surface area contributed by atoms with Crippen molar-refractivity contribution in [2.24, 2.45) is 5.92 Å². The summed E-state index contributed by atoms with van der Waals surface area (Å²) in [4.78, 5) is 10.9. The molecule has 1 aliphatic carbocycles. The summed E-state index contributed by atoms with van der Waals surface area (Å²) in [7, 11) is 0. The highest BCUT2D eigenvalue weighted by atomic mass is 16.5. The molecule has 100 valence electrons. The summed E-state index contributed by atoms with van der Waals surface area (Å²) < 4.78 is 10.9. The quantitative estimate of drug-likeness (QED) is 0.747. The Bertz CT molecular complexity index is 229. The standard InChI is InChI=1S/C13H24O4/c1-3-16-12(13(14)15)8-9-17-11-7-5-4-6-10(11)2/h10-12H,3-9H2,1-2H3,(H,14,15). The Morgan fingerprint density at radius 2 is 2.12 bits per heavy atom. The van der Waals surface area contributed by atoms with Gasteiger partial charge in [0.05, 0.1) is 12.7 Å². The molecule has 0 aromatic carbocycles. The third-order valence-electron chi connectivity index (χ3n) is 3.39. The van der Waals surface area contributed by atoms with Gasteiger partial charge in [0.15, 0.2) is 6.10 Å². The van der Waals surface area contributed by atoms with Gasteiger partial charge in [-0.2, -0.15) is 0 Å². The van der Waals surface area contributed by atoms with Crippen molar-refractivity contribution >= 4 is 5.97 Å². The number of carboxylic acid groups (broad SMARTS) is 1. The van der Waals surface area contributed by atoms with Crippen LogP contribution in [0.15, 0.2) is 0 Å². The Hall–Kier alpha value is -0.610. The number of carboxylic acids is 1. The lowest BCUT2D eigenvalue weighted by Crippen LogP contribution is -2.29. The molecule has 0 saturated heterocycles. The second kappa shape index (κ2) is 7.67. The van der Waals surface area contributed by atoms with E-state index in [9.17, 15) is 4.79 Å². The summed E-state index contributed by atoms with van der Waals surface area (Å²) in [6, 6.07) is 0. The zero-order chi connectivity index (χ0) is 12.7. The molecule has 4 heteroatoms. The van der Waals surface area contributed by atoms with Crippen LogP contribution in [-0.2, 0) is 14.3 Å². The van der Waals surface area contributed by atoms with Gasteiger partial charge < -0.3 is 14.6 Å². The number of rotatable bonds is 7. The Balaban J connectivity index is 2.22. The fourth-order valence-corrected chi connectivity index (χ4v) is 2.34. The second-order valence-electron chi connectivity index (χ2n) is 4.74. The van der Waals surface area contributed by atoms with Gasteiger partial charge in [-0.05, 0) is 25.7 Å². The van der Waals surface area contributed by atoms with Gasteiger partial charge in [-0.15, -0.1) is 0 Å². The highest BCUT2D eigenvalue weighted by Crippen LogP contribution is 2.26. The maximum absolute atomic E-state index is 10.9. The molecular formula is C13H24O4. The minimum atomic E-state index is -0.896. The minimum Gasteiger partial charge on any atom is -0.479 e. The van der Waals surface area contributed by atoms with Gasteiger partial charge in [0, 0.05) is 13.0 Å². The molecule has 0 bridgehead atoms. The highest BCUT2D eigenvalue weighted by molar-refractivity contribution is 5.72. The van der Waals surface area contributed by atoms with E-state index >= 15 is 0 Å². The van der Waals surface area contributed by atoms with Gasteiger partial charge in [-0.3, -0.25) is 0 Å². The highest BCUT2D eigenvalue weighted by Gasteiger charge is 2.23. The Kier molecular flexibility index (Phi) is 6.52. The van der Waals surface area contributed by atoms with Gasteiger partial charge in [-0.25, -0.2) is 4.79 Å². The fraction of sp³-hybridized carbons (Fsp3) is 0.923. The summed E-state index contributed by atoms with van der Waals surface area (Å²) in [5.41, 5.74) is 0. The molecule has 0 heterocycles. The van der Waals surface area contributed by atoms with Crippen molar-refractivity contribution in [3.63, 3.8) is 0 Å². The van der Waals surface area contributed by atoms with Crippen LogP contribution in [0, 0.1) is 5.92 Å². The lowest BCUT2D eigenvalue weighted by molar-refractivity contribution is -0.152. The first-order valence-corrected chi connectivity index (χ1v) is 6.61. The van der Waals surface area contributed by atoms with E-state index in [0.717, 1.165) is 6.42 Å². The predicted molar refractivity (Wildman–Crippen MR) is 65.0 cm³/mol. The van der Waals surface area contributed by atoms with E-state index < -0.39 is 12.1 Å². The fourth-order valence-electron chi connectivity index (χ4n) is 2.34. The van der Waals surface area contributed by atoms with E-state index in [4.69, 9.17) is 14.6 Å². The van der Waals surface area contributed by atoms with Crippen LogP contribution in [-0.4, -0.2) is 36.5 Å². The number of ether oxygens (including phenoxy) is 2. The molecule has 4 nitrogen and oxygen atoms in total. The molecule has 17 heavy (non-hydrogen) atoms. The van der Waals surface area contributed by atoms with Crippen molar-refractivity contribution in [3.05, 3.63) is 0 Å². The lowest BCUT2D eigenvalue weighted by Gasteiger charge is -2.29. The maximum atomic E-state index is 10.9. The van der Waals surface area contributed by atoms with Crippen LogP contribution in [0.25, 0.3) is 0 Å². The molecule has 0 radical (unpaired) electrons. The number of hydrogen-bond acceptors (Lipinski definition) is 3. The molecule has 1 N–H and O–H groups in total. The predicted octanol–water partition coefficient (Wildman–Crippen LogP) is 2.46. The topological polar surface area (TPSA) is 55.8 Å². The van der Waals surface area contributed by atoms with Crippen molar-refractivity contribution < 1.29 is 19.4 Å². The molecule has 0 aromatic heterocycles. The summed E-state index contributed by atoms with van der Waals surface area (Å²) in [6.07, 6.45) is 4.86. The normalized spacial score (nSPS) is 26.7. The van der Waals surface area contributed by atoms with E-state index in [0.29, 0.717) is 31.7 Å². The van der Waals surface area contributed by atoms with E-state index in [-0.39, 0.29) is 0 Å². The largest absolute Gasteiger partial charge is 0.479 e. The molecule has 3 unspecified atom stereocenters. The lowest BCUT2D eigenvalue weighted by atomic mass is 9.88. The average Bonchev–Trinajstić information content (AvgIpc) is 2.30. The average molecular weight is 244 g/mol. The molecule has 0 spiro atoms. The van der Waals surface area contributed by atoms with Crippen molar-refractivity contribution in [3.8, 4) is 0 Å². The number of aliphatic carboxylic acids is 1. The Labute approximate surface area is 103 Å². The molecule has 1 aliphatic rings. The van der Waals surface area contributed by atoms with Gasteiger partial charge in [0.2, 0.25) is 0 Å². The summed E-state index contributed by atoms with van der Waals surface area (Å²) >= 11 is 0. The van der Waals surface area contributed by atoms with E-state index in [1.165, 1.54) is 19.3 Å². The van der Waals surface area contributed by atoms with Crippen LogP contribution in [0.4, 0.5) is 0 Å². The van der Waals surface area contributed by atoms with Gasteiger partial charge in [-0.1, -0.05) is 19.8 Å². The van der Waals surface area contributed by atoms with Crippen LogP contribution in [0.1, 0.15) is 46.0 Å². The Morgan fingerprint density at radius 3 is 2.71 bits per heavy atom. The zero-order valence-electron chi connectivity index (χ0n) is 10.9. The third-order valence-corrected chi connectivity index (χ3v) is 3.39. The molecule has 0 amide bonds. The van der Waals surface area contributed by atoms with Crippen molar-refractivity contribution in [2.75, 3.05) is 13.2 Å². The van der Waals surface area contributed by atoms with Crippen molar-refractivity contribution in [1.29, 1.82) is 0 Å². The third kappa shape index (κ3) is 5.04. The molecule has 3 atom stereocenters. The molecule has 0 aliphatic heterocycles. The zero-order valence-corrected chi connectivity index (χ0v) is 10.9.